The molecule has 0 spiro atoms. The molecule has 0 unspecified atom stereocenters. The summed E-state index contributed by atoms with van der Waals surface area (Å²) in [6.07, 6.45) is 2.71. The highest BCUT2D eigenvalue weighted by Gasteiger charge is 2.46. The standard InChI is InChI=1S/C29H27FN4O2/c1-18-9-10-23(25-8-3-4-12-31-25)24(14-18)28(35)34-16-21-11-13-33(17-26(21)34)29-32-19(2)27(36-29)20-6-5-7-22(30)15-20/h3-10,12,14-15,21,26H,11,13,16-17H2,1-2H3/t21-,26-/m0/s1. The van der Waals surface area contributed by atoms with Gasteiger partial charge in [-0.3, -0.25) is 9.78 Å². The summed E-state index contributed by atoms with van der Waals surface area (Å²) in [5, 5.41) is 0. The Balaban J connectivity index is 1.24. The predicted octanol–water partition coefficient (Wildman–Crippen LogP) is 5.51. The molecular formula is C29H27FN4O2. The van der Waals surface area contributed by atoms with Crippen molar-refractivity contribution in [3.05, 3.63) is 89.5 Å². The highest BCUT2D eigenvalue weighted by Crippen LogP contribution is 2.38. The summed E-state index contributed by atoms with van der Waals surface area (Å²) < 4.78 is 19.9. The topological polar surface area (TPSA) is 62.5 Å². The van der Waals surface area contributed by atoms with Crippen LogP contribution < -0.4 is 4.90 Å². The summed E-state index contributed by atoms with van der Waals surface area (Å²) in [6.45, 7) is 6.10. The second kappa shape index (κ2) is 8.90. The lowest BCUT2D eigenvalue weighted by molar-refractivity contribution is 0.00730. The predicted molar refractivity (Wildman–Crippen MR) is 136 cm³/mol. The highest BCUT2D eigenvalue weighted by atomic mass is 19.1. The number of hydrogen-bond acceptors (Lipinski definition) is 5. The molecule has 2 aromatic carbocycles. The molecule has 2 atom stereocenters. The van der Waals surface area contributed by atoms with Crippen molar-refractivity contribution >= 4 is 11.9 Å². The lowest BCUT2D eigenvalue weighted by Crippen LogP contribution is -2.65. The molecule has 7 heteroatoms. The van der Waals surface area contributed by atoms with Crippen molar-refractivity contribution in [1.29, 1.82) is 0 Å². The molecule has 2 aliphatic heterocycles. The van der Waals surface area contributed by atoms with E-state index < -0.39 is 0 Å². The summed E-state index contributed by atoms with van der Waals surface area (Å²) in [6, 6.07) is 18.7. The number of amides is 1. The number of oxazole rings is 1. The van der Waals surface area contributed by atoms with E-state index in [9.17, 15) is 9.18 Å². The van der Waals surface area contributed by atoms with E-state index >= 15 is 0 Å². The average molecular weight is 483 g/mol. The van der Waals surface area contributed by atoms with Gasteiger partial charge in [-0.15, -0.1) is 0 Å². The molecule has 1 amide bonds. The minimum absolute atomic E-state index is 0.0338. The van der Waals surface area contributed by atoms with Crippen LogP contribution in [0.5, 0.6) is 0 Å². The van der Waals surface area contributed by atoms with Crippen LogP contribution in [0.1, 0.15) is 28.0 Å². The SMILES string of the molecule is Cc1ccc(-c2ccccn2)c(C(=O)N2C[C@@H]3CCN(c4nc(C)c(-c5cccc(F)c5)o4)C[C@@H]32)c1. The number of likely N-dealkylation sites (tertiary alicyclic amines) is 1. The van der Waals surface area contributed by atoms with Crippen LogP contribution in [-0.2, 0) is 0 Å². The van der Waals surface area contributed by atoms with Gasteiger partial charge in [0.25, 0.3) is 11.9 Å². The van der Waals surface area contributed by atoms with Crippen LogP contribution in [0.2, 0.25) is 0 Å². The fourth-order valence-corrected chi connectivity index (χ4v) is 5.35. The lowest BCUT2D eigenvalue weighted by atomic mass is 9.81. The fourth-order valence-electron chi connectivity index (χ4n) is 5.35. The summed E-state index contributed by atoms with van der Waals surface area (Å²) in [5.74, 6) is 0.766. The van der Waals surface area contributed by atoms with Gasteiger partial charge in [0.1, 0.15) is 5.82 Å². The second-order valence-corrected chi connectivity index (χ2v) is 9.70. The normalized spacial score (nSPS) is 19.1. The van der Waals surface area contributed by atoms with Gasteiger partial charge in [0.2, 0.25) is 0 Å². The van der Waals surface area contributed by atoms with E-state index in [0.29, 0.717) is 35.4 Å². The number of carbonyl (C=O) groups excluding carboxylic acids is 1. The number of halogens is 1. The first-order valence-electron chi connectivity index (χ1n) is 12.3. The van der Waals surface area contributed by atoms with Crippen LogP contribution in [-0.4, -0.2) is 46.5 Å². The van der Waals surface area contributed by atoms with Gasteiger partial charge in [-0.1, -0.05) is 35.9 Å². The Morgan fingerprint density at radius 3 is 2.75 bits per heavy atom. The number of pyridine rings is 1. The second-order valence-electron chi connectivity index (χ2n) is 9.70. The van der Waals surface area contributed by atoms with Crippen LogP contribution in [0.3, 0.4) is 0 Å². The number of hydrogen-bond donors (Lipinski definition) is 0. The molecule has 2 aromatic heterocycles. The lowest BCUT2D eigenvalue weighted by Gasteiger charge is -2.53. The zero-order valence-electron chi connectivity index (χ0n) is 20.3. The van der Waals surface area contributed by atoms with E-state index in [1.807, 2.05) is 61.2 Å². The molecule has 4 aromatic rings. The molecule has 2 aliphatic rings. The average Bonchev–Trinajstić information content (AvgIpc) is 3.26. The zero-order chi connectivity index (χ0) is 24.8. The van der Waals surface area contributed by atoms with Crippen molar-refractivity contribution < 1.29 is 13.6 Å². The number of fused-ring (bicyclic) bond motifs is 1. The first-order chi connectivity index (χ1) is 17.5. The van der Waals surface area contributed by atoms with Crippen LogP contribution in [0.25, 0.3) is 22.6 Å². The van der Waals surface area contributed by atoms with Gasteiger partial charge in [-0.2, -0.15) is 4.98 Å². The number of anilines is 1. The van der Waals surface area contributed by atoms with E-state index in [1.165, 1.54) is 12.1 Å². The maximum Gasteiger partial charge on any atom is 0.298 e. The molecule has 0 N–H and O–H groups in total. The van der Waals surface area contributed by atoms with Gasteiger partial charge >= 0.3 is 0 Å². The number of piperidine rings is 1. The van der Waals surface area contributed by atoms with E-state index in [0.717, 1.165) is 42.0 Å². The molecule has 182 valence electrons. The Bertz CT molecular complexity index is 1430. The molecule has 0 saturated carbocycles. The Morgan fingerprint density at radius 2 is 1.94 bits per heavy atom. The highest BCUT2D eigenvalue weighted by molar-refractivity contribution is 6.01. The summed E-state index contributed by atoms with van der Waals surface area (Å²) >= 11 is 0. The van der Waals surface area contributed by atoms with Gasteiger partial charge in [-0.05, 0) is 50.6 Å². The molecule has 0 bridgehead atoms. The fraction of sp³-hybridized carbons (Fsp3) is 0.276. The smallest absolute Gasteiger partial charge is 0.298 e. The maximum atomic E-state index is 13.8. The molecule has 2 fully saturated rings. The van der Waals surface area contributed by atoms with E-state index in [4.69, 9.17) is 4.42 Å². The van der Waals surface area contributed by atoms with Gasteiger partial charge in [0.05, 0.1) is 17.4 Å². The first-order valence-corrected chi connectivity index (χ1v) is 12.3. The van der Waals surface area contributed by atoms with Crippen LogP contribution in [0, 0.1) is 25.6 Å². The number of aromatic nitrogens is 2. The number of rotatable bonds is 4. The molecule has 0 aliphatic carbocycles. The maximum absolute atomic E-state index is 13.8. The van der Waals surface area contributed by atoms with E-state index in [1.54, 1.807) is 12.3 Å². The molecule has 6 nitrogen and oxygen atoms in total. The van der Waals surface area contributed by atoms with Crippen LogP contribution in [0.15, 0.2) is 71.3 Å². The molecule has 2 saturated heterocycles. The summed E-state index contributed by atoms with van der Waals surface area (Å²) in [7, 11) is 0. The molecule has 0 radical (unpaired) electrons. The van der Waals surface area contributed by atoms with Gasteiger partial charge in [0.15, 0.2) is 5.76 Å². The Labute approximate surface area is 209 Å². The van der Waals surface area contributed by atoms with Crippen molar-refractivity contribution in [3.63, 3.8) is 0 Å². The third kappa shape index (κ3) is 3.94. The first kappa shape index (κ1) is 22.5. The van der Waals surface area contributed by atoms with Gasteiger partial charge in [-0.25, -0.2) is 4.39 Å². The molecule has 36 heavy (non-hydrogen) atoms. The molecule has 4 heterocycles. The van der Waals surface area contributed by atoms with Crippen molar-refractivity contribution in [2.75, 3.05) is 24.5 Å². The van der Waals surface area contributed by atoms with Crippen LogP contribution >= 0.6 is 0 Å². The third-order valence-corrected chi connectivity index (χ3v) is 7.30. The Hall–Kier alpha value is -4.00. The monoisotopic (exact) mass is 482 g/mol. The minimum atomic E-state index is -0.310. The van der Waals surface area contributed by atoms with Crippen molar-refractivity contribution in [2.24, 2.45) is 5.92 Å². The number of nitrogens with zero attached hydrogens (tertiary/aromatic N) is 4. The quantitative estimate of drug-likeness (QED) is 0.384. The van der Waals surface area contributed by atoms with Crippen LogP contribution in [0.4, 0.5) is 10.4 Å². The van der Waals surface area contributed by atoms with Crippen molar-refractivity contribution in [3.8, 4) is 22.6 Å². The number of carbonyl (C=O) groups is 1. The summed E-state index contributed by atoms with van der Waals surface area (Å²) in [5.41, 5.74) is 4.76. The van der Waals surface area contributed by atoms with Crippen molar-refractivity contribution in [1.82, 2.24) is 14.9 Å². The molecule has 6 rings (SSSR count). The van der Waals surface area contributed by atoms with Gasteiger partial charge < -0.3 is 14.2 Å². The number of benzene rings is 2. The zero-order valence-corrected chi connectivity index (χ0v) is 20.3. The Morgan fingerprint density at radius 1 is 1.06 bits per heavy atom. The largest absolute Gasteiger partial charge is 0.423 e. The van der Waals surface area contributed by atoms with E-state index in [2.05, 4.69) is 14.9 Å². The molecular weight excluding hydrogens is 455 g/mol. The third-order valence-electron chi connectivity index (χ3n) is 7.30. The summed E-state index contributed by atoms with van der Waals surface area (Å²) in [4.78, 5) is 26.9. The minimum Gasteiger partial charge on any atom is -0.423 e. The van der Waals surface area contributed by atoms with Crippen molar-refractivity contribution in [2.45, 2.75) is 26.3 Å². The van der Waals surface area contributed by atoms with E-state index in [-0.39, 0.29) is 17.8 Å². The van der Waals surface area contributed by atoms with Gasteiger partial charge in [0, 0.05) is 48.4 Å². The number of aryl methyl sites for hydroxylation is 2. The Kier molecular flexibility index (Phi) is 5.55.